The second-order valence-corrected chi connectivity index (χ2v) is 9.40. The molecule has 2 aromatic heterocycles. The fourth-order valence-electron chi connectivity index (χ4n) is 4.50. The van der Waals surface area contributed by atoms with Crippen molar-refractivity contribution < 1.29 is 19.0 Å². The Hall–Kier alpha value is -3.78. The number of hydrogen-bond acceptors (Lipinski definition) is 6. The number of amides is 1. The first-order valence-corrected chi connectivity index (χ1v) is 12.3. The number of carbonyl (C=O) groups excluding carboxylic acids is 1. The van der Waals surface area contributed by atoms with Crippen LogP contribution < -0.4 is 19.5 Å². The van der Waals surface area contributed by atoms with E-state index in [0.717, 1.165) is 52.2 Å². The van der Waals surface area contributed by atoms with Gasteiger partial charge in [-0.25, -0.2) is 4.98 Å². The summed E-state index contributed by atoms with van der Waals surface area (Å²) in [4.78, 5) is 22.6. The average Bonchev–Trinajstić information content (AvgIpc) is 3.47. The quantitative estimate of drug-likeness (QED) is 0.318. The van der Waals surface area contributed by atoms with Crippen molar-refractivity contribution in [3.63, 3.8) is 0 Å². The number of carbonyl (C=O) groups is 1. The van der Waals surface area contributed by atoms with E-state index in [2.05, 4.69) is 10.3 Å². The number of aryl methyl sites for hydroxylation is 1. The van der Waals surface area contributed by atoms with E-state index >= 15 is 0 Å². The van der Waals surface area contributed by atoms with Crippen molar-refractivity contribution in [2.45, 2.75) is 25.7 Å². The third-order valence-corrected chi connectivity index (χ3v) is 7.36. The summed E-state index contributed by atoms with van der Waals surface area (Å²) >= 11 is 1.65. The van der Waals surface area contributed by atoms with Crippen LogP contribution in [0.1, 0.15) is 28.8 Å². The molecule has 0 bridgehead atoms. The topological polar surface area (TPSA) is 85.5 Å². The van der Waals surface area contributed by atoms with E-state index < -0.39 is 0 Å². The van der Waals surface area contributed by atoms with Crippen molar-refractivity contribution in [2.24, 2.45) is 0 Å². The molecular weight excluding hydrogens is 462 g/mol. The molecule has 0 radical (unpaired) electrons. The molecule has 5 rings (SSSR count). The van der Waals surface area contributed by atoms with Gasteiger partial charge in [-0.05, 0) is 67.2 Å². The number of hydrogen-bond donors (Lipinski definition) is 2. The first-order valence-electron chi connectivity index (χ1n) is 11.5. The predicted molar refractivity (Wildman–Crippen MR) is 140 cm³/mol. The number of fused-ring (bicyclic) bond motifs is 2. The Balaban J connectivity index is 1.45. The van der Waals surface area contributed by atoms with Crippen LogP contribution in [-0.2, 0) is 17.6 Å². The molecule has 0 atom stereocenters. The van der Waals surface area contributed by atoms with E-state index in [-0.39, 0.29) is 5.91 Å². The van der Waals surface area contributed by atoms with Gasteiger partial charge in [0.05, 0.1) is 37.9 Å². The molecule has 0 spiro atoms. The summed E-state index contributed by atoms with van der Waals surface area (Å²) in [7, 11) is 4.69. The number of nitrogens with one attached hydrogen (secondary N) is 2. The number of imidazole rings is 1. The minimum atomic E-state index is -0.213. The van der Waals surface area contributed by atoms with Gasteiger partial charge in [0.1, 0.15) is 10.8 Å². The number of H-pyrrole nitrogens is 1. The number of aromatic amines is 1. The lowest BCUT2D eigenvalue weighted by Gasteiger charge is -2.12. The first kappa shape index (κ1) is 23.0. The van der Waals surface area contributed by atoms with Crippen LogP contribution in [0.15, 0.2) is 42.5 Å². The van der Waals surface area contributed by atoms with E-state index in [1.54, 1.807) is 50.9 Å². The van der Waals surface area contributed by atoms with Gasteiger partial charge in [0.25, 0.3) is 0 Å². The van der Waals surface area contributed by atoms with Gasteiger partial charge < -0.3 is 24.5 Å². The maximum atomic E-state index is 13.0. The Morgan fingerprint density at radius 3 is 2.51 bits per heavy atom. The summed E-state index contributed by atoms with van der Waals surface area (Å²) in [5, 5.41) is 3.94. The molecule has 7 nitrogen and oxygen atoms in total. The van der Waals surface area contributed by atoms with Crippen molar-refractivity contribution in [1.29, 1.82) is 0 Å². The molecule has 0 unspecified atom stereocenters. The minimum absolute atomic E-state index is 0.213. The maximum absolute atomic E-state index is 13.0. The largest absolute Gasteiger partial charge is 0.493 e. The standard InChI is InChI=1S/C27H27N3O4S/c1-32-20-14-16(15-21(33-2)25(20)34-3)12-13-23(31)30-27-24(17-8-4-7-11-22(17)35-27)26-28-18-9-5-6-10-19(18)29-26/h5-6,9-10,12-15H,4,7-8,11H2,1-3H3,(H,28,29)(H,30,31). The highest BCUT2D eigenvalue weighted by Crippen LogP contribution is 2.44. The SMILES string of the molecule is COc1cc(C=CC(=O)Nc2sc3c(c2-c2nc4ccccc4[nH]2)CCCC3)cc(OC)c1OC. The predicted octanol–water partition coefficient (Wildman–Crippen LogP) is 5.85. The monoisotopic (exact) mass is 489 g/mol. The molecule has 0 saturated heterocycles. The van der Waals surface area contributed by atoms with Gasteiger partial charge in [0.2, 0.25) is 11.7 Å². The number of rotatable bonds is 7. The van der Waals surface area contributed by atoms with Crippen molar-refractivity contribution in [3.8, 4) is 28.6 Å². The van der Waals surface area contributed by atoms with Crippen LogP contribution in [0.4, 0.5) is 5.00 Å². The lowest BCUT2D eigenvalue weighted by molar-refractivity contribution is -0.111. The molecule has 0 aliphatic heterocycles. The molecule has 8 heteroatoms. The lowest BCUT2D eigenvalue weighted by Crippen LogP contribution is -2.08. The second-order valence-electron chi connectivity index (χ2n) is 8.30. The number of anilines is 1. The molecule has 0 saturated carbocycles. The molecule has 1 aliphatic rings. The third kappa shape index (κ3) is 4.49. The molecule has 180 valence electrons. The highest BCUT2D eigenvalue weighted by molar-refractivity contribution is 7.17. The number of aromatic nitrogens is 2. The normalized spacial score (nSPS) is 13.1. The van der Waals surface area contributed by atoms with Crippen LogP contribution >= 0.6 is 11.3 Å². The zero-order valence-electron chi connectivity index (χ0n) is 19.9. The fraction of sp³-hybridized carbons (Fsp3) is 0.259. The number of benzene rings is 2. The zero-order valence-corrected chi connectivity index (χ0v) is 20.8. The summed E-state index contributed by atoms with van der Waals surface area (Å²) < 4.78 is 16.2. The lowest BCUT2D eigenvalue weighted by atomic mass is 9.95. The van der Waals surface area contributed by atoms with Gasteiger partial charge in [0.15, 0.2) is 11.5 Å². The number of nitrogens with zero attached hydrogens (tertiary/aromatic N) is 1. The fourth-order valence-corrected chi connectivity index (χ4v) is 5.79. The van der Waals surface area contributed by atoms with Crippen LogP contribution in [0.2, 0.25) is 0 Å². The third-order valence-electron chi connectivity index (χ3n) is 6.15. The molecule has 1 aliphatic carbocycles. The molecule has 2 aromatic carbocycles. The minimum Gasteiger partial charge on any atom is -0.493 e. The van der Waals surface area contributed by atoms with Crippen LogP contribution in [0.25, 0.3) is 28.5 Å². The van der Waals surface area contributed by atoms with Crippen molar-refractivity contribution in [1.82, 2.24) is 9.97 Å². The second kappa shape index (κ2) is 9.84. The summed E-state index contributed by atoms with van der Waals surface area (Å²) in [6, 6.07) is 11.6. The highest BCUT2D eigenvalue weighted by Gasteiger charge is 2.24. The maximum Gasteiger partial charge on any atom is 0.249 e. The van der Waals surface area contributed by atoms with Gasteiger partial charge in [-0.15, -0.1) is 11.3 Å². The number of para-hydroxylation sites is 2. The van der Waals surface area contributed by atoms with Crippen LogP contribution in [-0.4, -0.2) is 37.2 Å². The van der Waals surface area contributed by atoms with E-state index in [1.165, 1.54) is 22.9 Å². The van der Waals surface area contributed by atoms with Gasteiger partial charge in [-0.1, -0.05) is 12.1 Å². The molecule has 2 N–H and O–H groups in total. The van der Waals surface area contributed by atoms with Crippen LogP contribution in [0.5, 0.6) is 17.2 Å². The summed E-state index contributed by atoms with van der Waals surface area (Å²) in [6.07, 6.45) is 7.59. The Morgan fingerprint density at radius 1 is 1.06 bits per heavy atom. The molecule has 1 amide bonds. The Kier molecular flexibility index (Phi) is 6.46. The van der Waals surface area contributed by atoms with Crippen molar-refractivity contribution in [2.75, 3.05) is 26.6 Å². The Labute approximate surface area is 207 Å². The van der Waals surface area contributed by atoms with Gasteiger partial charge in [0, 0.05) is 11.0 Å². The Bertz CT molecular complexity index is 1360. The molecule has 4 aromatic rings. The molecular formula is C27H27N3O4S. The summed E-state index contributed by atoms with van der Waals surface area (Å²) in [5.74, 6) is 2.16. The highest BCUT2D eigenvalue weighted by atomic mass is 32.1. The Morgan fingerprint density at radius 2 is 1.80 bits per heavy atom. The number of methoxy groups -OCH3 is 3. The smallest absolute Gasteiger partial charge is 0.249 e. The van der Waals surface area contributed by atoms with E-state index in [1.807, 2.05) is 24.3 Å². The van der Waals surface area contributed by atoms with E-state index in [4.69, 9.17) is 19.2 Å². The van der Waals surface area contributed by atoms with Gasteiger partial charge >= 0.3 is 0 Å². The van der Waals surface area contributed by atoms with Crippen molar-refractivity contribution in [3.05, 3.63) is 58.5 Å². The number of thiophene rings is 1. The molecule has 35 heavy (non-hydrogen) atoms. The zero-order chi connectivity index (χ0) is 24.4. The van der Waals surface area contributed by atoms with Crippen molar-refractivity contribution >= 4 is 39.4 Å². The van der Waals surface area contributed by atoms with E-state index in [0.29, 0.717) is 17.2 Å². The average molecular weight is 490 g/mol. The molecule has 0 fully saturated rings. The van der Waals surface area contributed by atoms with E-state index in [9.17, 15) is 4.79 Å². The summed E-state index contributed by atoms with van der Waals surface area (Å²) in [5.41, 5.74) is 4.97. The summed E-state index contributed by atoms with van der Waals surface area (Å²) in [6.45, 7) is 0. The van der Waals surface area contributed by atoms with Crippen LogP contribution in [0.3, 0.4) is 0 Å². The molecule has 2 heterocycles. The van der Waals surface area contributed by atoms with Gasteiger partial charge in [-0.2, -0.15) is 0 Å². The number of ether oxygens (including phenoxy) is 3. The first-order chi connectivity index (χ1) is 17.1. The van der Waals surface area contributed by atoms with Gasteiger partial charge in [-0.3, -0.25) is 4.79 Å². The van der Waals surface area contributed by atoms with Crippen LogP contribution in [0, 0.1) is 0 Å².